The van der Waals surface area contributed by atoms with Crippen LogP contribution in [-0.2, 0) is 19.1 Å². The van der Waals surface area contributed by atoms with Gasteiger partial charge >= 0.3 is 12.2 Å². The average molecular weight is 803 g/mol. The second-order valence-corrected chi connectivity index (χ2v) is 16.3. The molecule has 0 spiro atoms. The highest BCUT2D eigenvalue weighted by Crippen LogP contribution is 2.38. The van der Waals surface area contributed by atoms with Gasteiger partial charge < -0.3 is 39.9 Å². The molecular formula is C41H51FN8O6S. The van der Waals surface area contributed by atoms with Crippen molar-refractivity contribution in [1.82, 2.24) is 40.4 Å². The quantitative estimate of drug-likeness (QED) is 0.122. The predicted octanol–water partition coefficient (Wildman–Crippen LogP) is 6.70. The molecule has 4 N–H and O–H groups in total. The molecule has 0 unspecified atom stereocenters. The van der Waals surface area contributed by atoms with Crippen molar-refractivity contribution in [1.29, 1.82) is 0 Å². The molecule has 4 heterocycles. The number of ether oxygens (including phenoxy) is 2. The molecule has 6 rings (SSSR count). The van der Waals surface area contributed by atoms with Gasteiger partial charge in [-0.05, 0) is 54.5 Å². The third kappa shape index (κ3) is 8.95. The number of nitrogens with zero attached hydrogens (tertiary/aromatic N) is 4. The Bertz CT molecular complexity index is 2070. The van der Waals surface area contributed by atoms with Gasteiger partial charge in [0.1, 0.15) is 29.5 Å². The molecule has 2 aliphatic rings. The van der Waals surface area contributed by atoms with Gasteiger partial charge in [-0.15, -0.1) is 0 Å². The standard InChI is InChI=1S/C41H51FN8O6S/c1-22(2)34(47-40(53)55-5)38(51)49-16-8-9-32(49)36-43-19-30(45-36)25-12-10-24(11-13-25)28-15-14-26(17-29(28)42)31-20-44-37(46-31)33-18-27(57-7)21-50(33)39(52)35(23(3)4)48-41(54)56-6/h10-15,17,19-20,22-23,27,32-35H,8-9,16,18,21H2,1-7H3,(H,43,45)(H,44,46)(H,47,53)(H,48,54)/t27-,32-,33-,34-,35-/m0/s1. The minimum atomic E-state index is -0.760. The van der Waals surface area contributed by atoms with Crippen LogP contribution in [0.25, 0.3) is 33.6 Å². The van der Waals surface area contributed by atoms with Crippen molar-refractivity contribution in [3.8, 4) is 33.6 Å². The lowest BCUT2D eigenvalue weighted by Gasteiger charge is -2.30. The smallest absolute Gasteiger partial charge is 0.407 e. The van der Waals surface area contributed by atoms with Crippen molar-refractivity contribution >= 4 is 35.8 Å². The number of amides is 4. The molecule has 2 aromatic carbocycles. The van der Waals surface area contributed by atoms with Crippen LogP contribution in [0.2, 0.25) is 0 Å². The number of benzene rings is 2. The highest BCUT2D eigenvalue weighted by molar-refractivity contribution is 7.99. The van der Waals surface area contributed by atoms with Gasteiger partial charge in [-0.25, -0.2) is 23.9 Å². The second kappa shape index (κ2) is 17.8. The average Bonchev–Trinajstić information content (AvgIpc) is 4.04. The van der Waals surface area contributed by atoms with Crippen LogP contribution in [-0.4, -0.2) is 105 Å². The van der Waals surface area contributed by atoms with Crippen LogP contribution in [0.5, 0.6) is 0 Å². The molecule has 16 heteroatoms. The van der Waals surface area contributed by atoms with Crippen LogP contribution in [0.4, 0.5) is 14.0 Å². The maximum atomic E-state index is 15.8. The minimum Gasteiger partial charge on any atom is -0.453 e. The van der Waals surface area contributed by atoms with Gasteiger partial charge in [-0.3, -0.25) is 9.59 Å². The first-order valence-electron chi connectivity index (χ1n) is 19.2. The number of rotatable bonds is 12. The Balaban J connectivity index is 1.15. The number of nitrogens with one attached hydrogen (secondary N) is 4. The Morgan fingerprint density at radius 2 is 1.32 bits per heavy atom. The van der Waals surface area contributed by atoms with Crippen molar-refractivity contribution in [2.24, 2.45) is 11.8 Å². The molecular weight excluding hydrogens is 752 g/mol. The summed E-state index contributed by atoms with van der Waals surface area (Å²) in [5.74, 6) is 0.179. The van der Waals surface area contributed by atoms with E-state index >= 15 is 4.39 Å². The summed E-state index contributed by atoms with van der Waals surface area (Å²) >= 11 is 1.68. The summed E-state index contributed by atoms with van der Waals surface area (Å²) < 4.78 is 25.3. The molecule has 0 bridgehead atoms. The van der Waals surface area contributed by atoms with Gasteiger partial charge in [0.25, 0.3) is 0 Å². The van der Waals surface area contributed by atoms with Gasteiger partial charge in [0.15, 0.2) is 0 Å². The highest BCUT2D eigenvalue weighted by Gasteiger charge is 2.41. The normalized spacial score (nSPS) is 19.2. The van der Waals surface area contributed by atoms with Crippen LogP contribution < -0.4 is 10.6 Å². The Labute approximate surface area is 336 Å². The fourth-order valence-electron chi connectivity index (χ4n) is 7.59. The fourth-order valence-corrected chi connectivity index (χ4v) is 8.28. The Kier molecular flexibility index (Phi) is 12.9. The number of likely N-dealkylation sites (tertiary alicyclic amines) is 2. The van der Waals surface area contributed by atoms with E-state index in [2.05, 4.69) is 30.6 Å². The summed E-state index contributed by atoms with van der Waals surface area (Å²) in [6, 6.07) is 10.5. The Morgan fingerprint density at radius 1 is 0.789 bits per heavy atom. The van der Waals surface area contributed by atoms with Crippen molar-refractivity contribution in [2.75, 3.05) is 33.6 Å². The van der Waals surface area contributed by atoms with E-state index in [1.807, 2.05) is 64.3 Å². The van der Waals surface area contributed by atoms with Gasteiger partial charge in [0.05, 0.1) is 50.1 Å². The van der Waals surface area contributed by atoms with E-state index in [-0.39, 0.29) is 41.0 Å². The fraction of sp³-hybridized carbons (Fsp3) is 0.463. The third-order valence-electron chi connectivity index (χ3n) is 10.8. The lowest BCUT2D eigenvalue weighted by atomic mass is 10.0. The molecule has 0 aliphatic carbocycles. The number of halogens is 1. The molecule has 304 valence electrons. The maximum absolute atomic E-state index is 15.8. The summed E-state index contributed by atoms with van der Waals surface area (Å²) in [5, 5.41) is 5.54. The zero-order chi connectivity index (χ0) is 41.0. The van der Waals surface area contributed by atoms with E-state index in [0.717, 1.165) is 24.1 Å². The van der Waals surface area contributed by atoms with E-state index in [9.17, 15) is 19.2 Å². The number of aromatic amines is 2. The minimum absolute atomic E-state index is 0.134. The molecule has 0 radical (unpaired) electrons. The monoisotopic (exact) mass is 802 g/mol. The van der Waals surface area contributed by atoms with Crippen molar-refractivity contribution in [3.63, 3.8) is 0 Å². The largest absolute Gasteiger partial charge is 0.453 e. The summed E-state index contributed by atoms with van der Waals surface area (Å²) in [5.41, 5.74) is 3.98. The zero-order valence-corrected chi connectivity index (χ0v) is 34.1. The van der Waals surface area contributed by atoms with Crippen LogP contribution in [0.1, 0.15) is 70.7 Å². The molecule has 4 aromatic rings. The second-order valence-electron chi connectivity index (χ2n) is 15.1. The van der Waals surface area contributed by atoms with E-state index in [0.29, 0.717) is 53.5 Å². The topological polar surface area (TPSA) is 175 Å². The van der Waals surface area contributed by atoms with Crippen LogP contribution in [0, 0.1) is 17.7 Å². The molecule has 4 amide bonds. The molecule has 2 aliphatic heterocycles. The lowest BCUT2D eigenvalue weighted by Crippen LogP contribution is -2.51. The van der Waals surface area contributed by atoms with E-state index in [4.69, 9.17) is 9.47 Å². The SMILES string of the molecule is COC(=O)N[C@H](C(=O)N1CCC[C@H]1c1ncc(-c2ccc(-c3ccc(-c4cnc([C@@H]5C[C@H](SC)CN5C(=O)[C@@H](NC(=O)OC)C(C)C)[nH]4)cc3F)cc2)[nH]1)C(C)C. The summed E-state index contributed by atoms with van der Waals surface area (Å²) in [6.07, 6.45) is 6.31. The van der Waals surface area contributed by atoms with E-state index in [1.54, 1.807) is 40.0 Å². The van der Waals surface area contributed by atoms with E-state index in [1.165, 1.54) is 20.3 Å². The first kappa shape index (κ1) is 41.3. The molecule has 2 fully saturated rings. The number of H-pyrrole nitrogens is 2. The highest BCUT2D eigenvalue weighted by atomic mass is 32.2. The maximum Gasteiger partial charge on any atom is 0.407 e. The number of methoxy groups -OCH3 is 2. The molecule has 2 aromatic heterocycles. The number of imidazole rings is 2. The number of hydrogen-bond donors (Lipinski definition) is 4. The summed E-state index contributed by atoms with van der Waals surface area (Å²) in [7, 11) is 2.54. The van der Waals surface area contributed by atoms with Gasteiger partial charge in [0, 0.05) is 29.5 Å². The Morgan fingerprint density at radius 3 is 1.86 bits per heavy atom. The van der Waals surface area contributed by atoms with Crippen LogP contribution >= 0.6 is 11.8 Å². The molecule has 2 saturated heterocycles. The number of hydrogen-bond acceptors (Lipinski definition) is 9. The van der Waals surface area contributed by atoms with Crippen molar-refractivity contribution in [2.45, 2.75) is 76.4 Å². The first-order chi connectivity index (χ1) is 27.3. The Hall–Kier alpha value is -5.38. The number of thioether (sulfide) groups is 1. The number of aromatic nitrogens is 4. The molecule has 57 heavy (non-hydrogen) atoms. The van der Waals surface area contributed by atoms with Gasteiger partial charge in [-0.1, -0.05) is 64.1 Å². The number of alkyl carbamates (subject to hydrolysis) is 2. The van der Waals surface area contributed by atoms with Gasteiger partial charge in [0.2, 0.25) is 11.8 Å². The van der Waals surface area contributed by atoms with Crippen LogP contribution in [0.3, 0.4) is 0 Å². The van der Waals surface area contributed by atoms with Gasteiger partial charge in [-0.2, -0.15) is 11.8 Å². The zero-order valence-electron chi connectivity index (χ0n) is 33.3. The number of carbonyl (C=O) groups excluding carboxylic acids is 4. The molecule has 5 atom stereocenters. The van der Waals surface area contributed by atoms with Crippen molar-refractivity contribution < 1.29 is 33.0 Å². The predicted molar refractivity (Wildman–Crippen MR) is 215 cm³/mol. The number of carbonyl (C=O) groups is 4. The third-order valence-corrected chi connectivity index (χ3v) is 11.8. The lowest BCUT2D eigenvalue weighted by molar-refractivity contribution is -0.136. The van der Waals surface area contributed by atoms with E-state index < -0.39 is 30.1 Å². The summed E-state index contributed by atoms with van der Waals surface area (Å²) in [6.45, 7) is 8.56. The van der Waals surface area contributed by atoms with Crippen LogP contribution in [0.15, 0.2) is 54.9 Å². The first-order valence-corrected chi connectivity index (χ1v) is 20.4. The molecule has 0 saturated carbocycles. The molecule has 14 nitrogen and oxygen atoms in total. The summed E-state index contributed by atoms with van der Waals surface area (Å²) in [4.78, 5) is 70.8. The van der Waals surface area contributed by atoms with Crippen molar-refractivity contribution in [3.05, 3.63) is 72.3 Å².